The molecule has 0 heterocycles. The molecule has 1 amide bonds. The van der Waals surface area contributed by atoms with E-state index in [-0.39, 0.29) is 24.5 Å². The van der Waals surface area contributed by atoms with Crippen molar-refractivity contribution in [3.05, 3.63) is 0 Å². The molecule has 3 atom stereocenters. The first-order valence-corrected chi connectivity index (χ1v) is 7.39. The van der Waals surface area contributed by atoms with E-state index < -0.39 is 0 Å². The molecule has 0 saturated heterocycles. The number of carbonyl (C=O) groups is 1. The molecule has 0 aromatic carbocycles. The Morgan fingerprint density at radius 2 is 2.19 bits per heavy atom. The molecule has 1 aliphatic rings. The second-order valence-corrected chi connectivity index (χ2v) is 5.93. The van der Waals surface area contributed by atoms with Crippen molar-refractivity contribution in [2.45, 2.75) is 50.3 Å². The third-order valence-corrected chi connectivity index (χ3v) is 4.34. The van der Waals surface area contributed by atoms with Crippen LogP contribution in [0.3, 0.4) is 0 Å². The van der Waals surface area contributed by atoms with Gasteiger partial charge in [-0.1, -0.05) is 19.8 Å². The van der Waals surface area contributed by atoms with Crippen LogP contribution in [0.1, 0.15) is 39.0 Å². The number of aliphatic hydroxyl groups is 1. The monoisotopic (exact) mass is 245 g/mol. The van der Waals surface area contributed by atoms with Gasteiger partial charge in [-0.2, -0.15) is 11.8 Å². The van der Waals surface area contributed by atoms with E-state index in [4.69, 9.17) is 0 Å². The van der Waals surface area contributed by atoms with Gasteiger partial charge >= 0.3 is 0 Å². The van der Waals surface area contributed by atoms with Gasteiger partial charge < -0.3 is 10.4 Å². The third-order valence-electron chi connectivity index (χ3n) is 3.37. The highest BCUT2D eigenvalue weighted by Crippen LogP contribution is 2.24. The Morgan fingerprint density at radius 3 is 2.81 bits per heavy atom. The molecule has 2 N–H and O–H groups in total. The van der Waals surface area contributed by atoms with Crippen molar-refractivity contribution >= 4 is 17.7 Å². The third kappa shape index (κ3) is 4.34. The molecule has 0 aromatic heterocycles. The average Bonchev–Trinajstić information content (AvgIpc) is 2.29. The number of rotatable bonds is 5. The Kier molecular flexibility index (Phi) is 6.21. The van der Waals surface area contributed by atoms with Crippen LogP contribution in [0.2, 0.25) is 0 Å². The Morgan fingerprint density at radius 1 is 1.50 bits per heavy atom. The Labute approximate surface area is 102 Å². The number of nitrogens with one attached hydrogen (secondary N) is 1. The van der Waals surface area contributed by atoms with Gasteiger partial charge in [0.15, 0.2) is 0 Å². The summed E-state index contributed by atoms with van der Waals surface area (Å²) >= 11 is 1.71. The summed E-state index contributed by atoms with van der Waals surface area (Å²) in [6.45, 7) is 2.26. The summed E-state index contributed by atoms with van der Waals surface area (Å²) < 4.78 is 0. The van der Waals surface area contributed by atoms with Gasteiger partial charge in [0, 0.05) is 30.2 Å². The Balaban J connectivity index is 2.36. The maximum Gasteiger partial charge on any atom is 0.221 e. The van der Waals surface area contributed by atoms with Crippen LogP contribution < -0.4 is 5.32 Å². The van der Waals surface area contributed by atoms with Gasteiger partial charge in [-0.15, -0.1) is 0 Å². The molecule has 1 rings (SSSR count). The minimum atomic E-state index is 0.132. The van der Waals surface area contributed by atoms with Crippen LogP contribution in [0, 0.1) is 5.92 Å². The van der Waals surface area contributed by atoms with Crippen LogP contribution in [0.15, 0.2) is 0 Å². The summed E-state index contributed by atoms with van der Waals surface area (Å²) in [7, 11) is 0. The first kappa shape index (κ1) is 13.8. The predicted molar refractivity (Wildman–Crippen MR) is 68.6 cm³/mol. The van der Waals surface area contributed by atoms with E-state index in [0.29, 0.717) is 11.7 Å². The van der Waals surface area contributed by atoms with E-state index in [1.165, 1.54) is 12.8 Å². The molecule has 0 aromatic rings. The van der Waals surface area contributed by atoms with Crippen LogP contribution in [0.5, 0.6) is 0 Å². The lowest BCUT2D eigenvalue weighted by atomic mass is 9.85. The predicted octanol–water partition coefficient (Wildman–Crippen LogP) is 1.80. The minimum Gasteiger partial charge on any atom is -0.396 e. The van der Waals surface area contributed by atoms with Crippen molar-refractivity contribution in [1.82, 2.24) is 5.32 Å². The second-order valence-electron chi connectivity index (χ2n) is 4.65. The lowest BCUT2D eigenvalue weighted by Crippen LogP contribution is -2.43. The van der Waals surface area contributed by atoms with Gasteiger partial charge in [0.1, 0.15) is 0 Å². The van der Waals surface area contributed by atoms with E-state index in [9.17, 15) is 9.90 Å². The quantitative estimate of drug-likeness (QED) is 0.776. The maximum absolute atomic E-state index is 11.7. The lowest BCUT2D eigenvalue weighted by Gasteiger charge is -2.31. The Bertz CT molecular complexity index is 223. The van der Waals surface area contributed by atoms with E-state index in [2.05, 4.69) is 12.2 Å². The zero-order valence-corrected chi connectivity index (χ0v) is 11.1. The lowest BCUT2D eigenvalue weighted by molar-refractivity contribution is -0.122. The van der Waals surface area contributed by atoms with Crippen molar-refractivity contribution in [1.29, 1.82) is 0 Å². The fraction of sp³-hybridized carbons (Fsp3) is 0.917. The molecular formula is C12H23NO2S. The molecule has 94 valence electrons. The summed E-state index contributed by atoms with van der Waals surface area (Å²) in [5.74, 6) is 0.398. The zero-order valence-electron chi connectivity index (χ0n) is 10.2. The van der Waals surface area contributed by atoms with Crippen LogP contribution in [-0.4, -0.2) is 35.2 Å². The minimum absolute atomic E-state index is 0.132. The molecule has 1 saturated carbocycles. The van der Waals surface area contributed by atoms with Crippen LogP contribution in [0.4, 0.5) is 0 Å². The molecule has 0 spiro atoms. The molecule has 4 heteroatoms. The van der Waals surface area contributed by atoms with Gasteiger partial charge in [0.2, 0.25) is 5.91 Å². The average molecular weight is 245 g/mol. The molecule has 1 aliphatic carbocycles. The Hall–Kier alpha value is -0.220. The molecular weight excluding hydrogens is 222 g/mol. The van der Waals surface area contributed by atoms with Crippen molar-refractivity contribution in [3.8, 4) is 0 Å². The van der Waals surface area contributed by atoms with Crippen molar-refractivity contribution in [2.75, 3.05) is 12.9 Å². The van der Waals surface area contributed by atoms with Crippen molar-refractivity contribution in [2.24, 2.45) is 5.92 Å². The molecule has 0 aliphatic heterocycles. The highest BCUT2D eigenvalue weighted by atomic mass is 32.2. The molecule has 1 fully saturated rings. The number of hydrogen-bond donors (Lipinski definition) is 2. The van der Waals surface area contributed by atoms with E-state index in [1.54, 1.807) is 11.8 Å². The number of amides is 1. The zero-order chi connectivity index (χ0) is 12.0. The number of hydrogen-bond acceptors (Lipinski definition) is 3. The standard InChI is InChI=1S/C12H23NO2S/c1-9(16-2)7-12(15)13-11-6-4-3-5-10(11)8-14/h9-11,14H,3-8H2,1-2H3,(H,13,15). The van der Waals surface area contributed by atoms with E-state index in [0.717, 1.165) is 12.8 Å². The number of carbonyl (C=O) groups excluding carboxylic acids is 1. The first-order chi connectivity index (χ1) is 7.67. The summed E-state index contributed by atoms with van der Waals surface area (Å²) in [4.78, 5) is 11.7. The second kappa shape index (κ2) is 7.17. The maximum atomic E-state index is 11.7. The van der Waals surface area contributed by atoms with E-state index >= 15 is 0 Å². The van der Waals surface area contributed by atoms with Crippen molar-refractivity contribution in [3.63, 3.8) is 0 Å². The summed E-state index contributed by atoms with van der Waals surface area (Å²) in [6, 6.07) is 0.195. The smallest absolute Gasteiger partial charge is 0.221 e. The van der Waals surface area contributed by atoms with Gasteiger partial charge in [0.05, 0.1) is 0 Å². The van der Waals surface area contributed by atoms with Gasteiger partial charge in [-0.25, -0.2) is 0 Å². The first-order valence-electron chi connectivity index (χ1n) is 6.10. The van der Waals surface area contributed by atoms with Crippen LogP contribution in [-0.2, 0) is 4.79 Å². The topological polar surface area (TPSA) is 49.3 Å². The van der Waals surface area contributed by atoms with Crippen LogP contribution >= 0.6 is 11.8 Å². The molecule has 16 heavy (non-hydrogen) atoms. The number of thioether (sulfide) groups is 1. The summed E-state index contributed by atoms with van der Waals surface area (Å²) in [6.07, 6.45) is 7.01. The number of aliphatic hydroxyl groups excluding tert-OH is 1. The summed E-state index contributed by atoms with van der Waals surface area (Å²) in [5, 5.41) is 12.7. The summed E-state index contributed by atoms with van der Waals surface area (Å²) in [5.41, 5.74) is 0. The van der Waals surface area contributed by atoms with Gasteiger partial charge in [-0.05, 0) is 19.1 Å². The molecule has 0 radical (unpaired) electrons. The highest BCUT2D eigenvalue weighted by Gasteiger charge is 2.25. The SMILES string of the molecule is CSC(C)CC(=O)NC1CCCCC1CO. The van der Waals surface area contributed by atoms with Crippen LogP contribution in [0.25, 0.3) is 0 Å². The fourth-order valence-electron chi connectivity index (χ4n) is 2.23. The van der Waals surface area contributed by atoms with Crippen molar-refractivity contribution < 1.29 is 9.90 Å². The van der Waals surface area contributed by atoms with Gasteiger partial charge in [-0.3, -0.25) is 4.79 Å². The molecule has 3 unspecified atom stereocenters. The largest absolute Gasteiger partial charge is 0.396 e. The van der Waals surface area contributed by atoms with Gasteiger partial charge in [0.25, 0.3) is 0 Å². The molecule has 0 bridgehead atoms. The normalized spacial score (nSPS) is 27.4. The van der Waals surface area contributed by atoms with E-state index in [1.807, 2.05) is 6.26 Å². The molecule has 3 nitrogen and oxygen atoms in total. The highest BCUT2D eigenvalue weighted by molar-refractivity contribution is 7.99. The fourth-order valence-corrected chi connectivity index (χ4v) is 2.54.